The first-order valence-corrected chi connectivity index (χ1v) is 9.59. The molecule has 134 valence electrons. The van der Waals surface area contributed by atoms with Gasteiger partial charge >= 0.3 is 5.63 Å². The van der Waals surface area contributed by atoms with Gasteiger partial charge in [-0.2, -0.15) is 0 Å². The molecule has 0 radical (unpaired) electrons. The number of fused-ring (bicyclic) bond motifs is 1. The fraction of sp³-hybridized carbons (Fsp3) is 0. The van der Waals surface area contributed by atoms with E-state index >= 15 is 0 Å². The van der Waals surface area contributed by atoms with Gasteiger partial charge in [-0.05, 0) is 42.5 Å². The maximum atomic E-state index is 12.6. The van der Waals surface area contributed by atoms with Crippen molar-refractivity contribution >= 4 is 26.6 Å². The number of rotatable bonds is 4. The van der Waals surface area contributed by atoms with E-state index in [1.165, 1.54) is 12.1 Å². The smallest absolute Gasteiger partial charge is 0.347 e. The minimum atomic E-state index is -3.79. The maximum absolute atomic E-state index is 12.6. The van der Waals surface area contributed by atoms with Crippen LogP contribution in [0, 0.1) is 0 Å². The first-order chi connectivity index (χ1) is 13.0. The summed E-state index contributed by atoms with van der Waals surface area (Å²) in [5.74, 6) is 0.0652. The van der Waals surface area contributed by atoms with Crippen LogP contribution in [0.5, 0.6) is 0 Å². The number of aromatic nitrogens is 1. The van der Waals surface area contributed by atoms with Gasteiger partial charge in [0.05, 0.1) is 15.8 Å². The molecule has 0 bridgehead atoms. The summed E-state index contributed by atoms with van der Waals surface area (Å²) < 4.78 is 33.1. The molecule has 6 nitrogen and oxygen atoms in total. The predicted octanol–water partition coefficient (Wildman–Crippen LogP) is 3.66. The molecule has 0 aliphatic rings. The molecule has 0 aliphatic heterocycles. The molecular formula is C20H14N2O4S. The van der Waals surface area contributed by atoms with Crippen LogP contribution in [0.1, 0.15) is 0 Å². The van der Waals surface area contributed by atoms with Crippen LogP contribution in [-0.2, 0) is 10.0 Å². The second-order valence-corrected chi connectivity index (χ2v) is 7.51. The van der Waals surface area contributed by atoms with Gasteiger partial charge in [-0.3, -0.25) is 4.72 Å². The third-order valence-corrected chi connectivity index (χ3v) is 5.33. The summed E-state index contributed by atoms with van der Waals surface area (Å²) in [5, 5.41) is 0.371. The zero-order chi connectivity index (χ0) is 18.9. The maximum Gasteiger partial charge on any atom is 0.347 e. The van der Waals surface area contributed by atoms with E-state index in [0.29, 0.717) is 22.2 Å². The summed E-state index contributed by atoms with van der Waals surface area (Å²) >= 11 is 0. The number of anilines is 1. The van der Waals surface area contributed by atoms with Crippen LogP contribution in [0.3, 0.4) is 0 Å². The van der Waals surface area contributed by atoms with Crippen LogP contribution in [0.2, 0.25) is 0 Å². The van der Waals surface area contributed by atoms with E-state index in [1.807, 2.05) is 0 Å². The van der Waals surface area contributed by atoms with E-state index in [0.717, 1.165) is 0 Å². The minimum absolute atomic E-state index is 0.0430. The van der Waals surface area contributed by atoms with Crippen LogP contribution in [0.25, 0.3) is 22.4 Å². The number of hydrogen-bond acceptors (Lipinski definition) is 5. The van der Waals surface area contributed by atoms with Crippen LogP contribution in [-0.4, -0.2) is 13.4 Å². The molecule has 4 rings (SSSR count). The minimum Gasteiger partial charge on any atom is -0.403 e. The van der Waals surface area contributed by atoms with Gasteiger partial charge in [0.15, 0.2) is 0 Å². The lowest BCUT2D eigenvalue weighted by Gasteiger charge is -2.09. The van der Waals surface area contributed by atoms with E-state index in [1.54, 1.807) is 66.7 Å². The van der Waals surface area contributed by atoms with Crippen LogP contribution >= 0.6 is 0 Å². The van der Waals surface area contributed by atoms with Crippen molar-refractivity contribution < 1.29 is 12.8 Å². The number of benzene rings is 3. The van der Waals surface area contributed by atoms with Crippen molar-refractivity contribution in [3.8, 4) is 11.5 Å². The Morgan fingerprint density at radius 3 is 2.41 bits per heavy atom. The summed E-state index contributed by atoms with van der Waals surface area (Å²) in [6.07, 6.45) is 0. The molecule has 0 atom stereocenters. The summed E-state index contributed by atoms with van der Waals surface area (Å²) in [7, 11) is -3.79. The third kappa shape index (κ3) is 3.45. The molecule has 1 aromatic heterocycles. The molecule has 1 N–H and O–H groups in total. The highest BCUT2D eigenvalue weighted by Crippen LogP contribution is 2.23. The van der Waals surface area contributed by atoms with Crippen molar-refractivity contribution in [2.45, 2.75) is 4.90 Å². The molecule has 1 heterocycles. The molecular weight excluding hydrogens is 364 g/mol. The Kier molecular flexibility index (Phi) is 4.21. The molecule has 0 fully saturated rings. The van der Waals surface area contributed by atoms with Crippen molar-refractivity contribution in [1.29, 1.82) is 0 Å². The van der Waals surface area contributed by atoms with Crippen molar-refractivity contribution in [1.82, 2.24) is 4.98 Å². The van der Waals surface area contributed by atoms with Crippen LogP contribution in [0.4, 0.5) is 5.69 Å². The monoisotopic (exact) mass is 378 g/mol. The largest absolute Gasteiger partial charge is 0.403 e. The molecule has 0 spiro atoms. The van der Waals surface area contributed by atoms with E-state index < -0.39 is 15.6 Å². The van der Waals surface area contributed by atoms with Crippen molar-refractivity contribution in [3.63, 3.8) is 0 Å². The van der Waals surface area contributed by atoms with Crippen molar-refractivity contribution in [2.75, 3.05) is 4.72 Å². The van der Waals surface area contributed by atoms with E-state index in [4.69, 9.17) is 4.42 Å². The highest BCUT2D eigenvalue weighted by molar-refractivity contribution is 7.92. The average Bonchev–Trinajstić information content (AvgIpc) is 2.68. The summed E-state index contributed by atoms with van der Waals surface area (Å²) in [5.41, 5.74) is 0.817. The molecule has 0 saturated heterocycles. The van der Waals surface area contributed by atoms with Gasteiger partial charge in [0, 0.05) is 11.3 Å². The van der Waals surface area contributed by atoms with Crippen molar-refractivity contribution in [2.24, 2.45) is 0 Å². The Morgan fingerprint density at radius 2 is 1.59 bits per heavy atom. The number of nitrogens with one attached hydrogen (secondary N) is 1. The molecule has 0 saturated carbocycles. The van der Waals surface area contributed by atoms with Gasteiger partial charge in [-0.1, -0.05) is 36.4 Å². The highest BCUT2D eigenvalue weighted by atomic mass is 32.2. The van der Waals surface area contributed by atoms with Gasteiger partial charge in [-0.25, -0.2) is 18.2 Å². The first kappa shape index (κ1) is 17.0. The SMILES string of the molecule is O=c1oc(-c2cccc(S(=O)(=O)Nc3ccccc3)c2)nc2ccccc12. The van der Waals surface area contributed by atoms with Gasteiger partial charge in [0.25, 0.3) is 10.0 Å². The van der Waals surface area contributed by atoms with Crippen LogP contribution < -0.4 is 10.3 Å². The van der Waals surface area contributed by atoms with Gasteiger partial charge in [-0.15, -0.1) is 0 Å². The van der Waals surface area contributed by atoms with Gasteiger partial charge in [0.1, 0.15) is 0 Å². The molecule has 4 aromatic rings. The molecule has 0 aliphatic carbocycles. The molecule has 27 heavy (non-hydrogen) atoms. The number of sulfonamides is 1. The molecule has 7 heteroatoms. The van der Waals surface area contributed by atoms with E-state index in [-0.39, 0.29) is 10.8 Å². The fourth-order valence-corrected chi connectivity index (χ4v) is 3.76. The van der Waals surface area contributed by atoms with Gasteiger partial charge < -0.3 is 4.42 Å². The first-order valence-electron chi connectivity index (χ1n) is 8.11. The van der Waals surface area contributed by atoms with E-state index in [2.05, 4.69) is 9.71 Å². The number of nitrogens with zero attached hydrogens (tertiary/aromatic N) is 1. The summed E-state index contributed by atoms with van der Waals surface area (Å²) in [6, 6.07) is 21.5. The topological polar surface area (TPSA) is 89.3 Å². The zero-order valence-electron chi connectivity index (χ0n) is 14.0. The predicted molar refractivity (Wildman–Crippen MR) is 103 cm³/mol. The Labute approximate surface area is 155 Å². The standard InChI is InChI=1S/C20H14N2O4S/c23-20-17-11-4-5-12-18(17)21-19(26-20)14-7-6-10-16(13-14)27(24,25)22-15-8-2-1-3-9-15/h1-13,22H. The van der Waals surface area contributed by atoms with Crippen LogP contribution in [0.15, 0.2) is 93.0 Å². The quantitative estimate of drug-likeness (QED) is 0.585. The lowest BCUT2D eigenvalue weighted by molar-refractivity contribution is 0.518. The fourth-order valence-electron chi connectivity index (χ4n) is 2.66. The molecule has 0 amide bonds. The lowest BCUT2D eigenvalue weighted by atomic mass is 10.2. The summed E-state index contributed by atoms with van der Waals surface area (Å²) in [4.78, 5) is 16.5. The second kappa shape index (κ2) is 6.69. The zero-order valence-corrected chi connectivity index (χ0v) is 14.8. The molecule has 0 unspecified atom stereocenters. The van der Waals surface area contributed by atoms with Crippen molar-refractivity contribution in [3.05, 3.63) is 89.3 Å². The van der Waals surface area contributed by atoms with E-state index in [9.17, 15) is 13.2 Å². The number of para-hydroxylation sites is 2. The Balaban J connectivity index is 1.76. The lowest BCUT2D eigenvalue weighted by Crippen LogP contribution is -2.13. The normalized spacial score (nSPS) is 11.4. The molecule has 3 aromatic carbocycles. The third-order valence-electron chi connectivity index (χ3n) is 3.95. The average molecular weight is 378 g/mol. The second-order valence-electron chi connectivity index (χ2n) is 5.82. The Bertz CT molecular complexity index is 1280. The van der Waals surface area contributed by atoms with Gasteiger partial charge in [0.2, 0.25) is 5.89 Å². The number of hydrogen-bond donors (Lipinski definition) is 1. The Morgan fingerprint density at radius 1 is 0.852 bits per heavy atom. The Hall–Kier alpha value is -3.45. The highest BCUT2D eigenvalue weighted by Gasteiger charge is 2.16. The summed E-state index contributed by atoms with van der Waals surface area (Å²) in [6.45, 7) is 0.